The van der Waals surface area contributed by atoms with Gasteiger partial charge in [-0.1, -0.05) is 20.8 Å². The molecule has 0 aliphatic carbocycles. The van der Waals surface area contributed by atoms with Crippen LogP contribution in [0.3, 0.4) is 0 Å². The number of aliphatic hydroxyl groups excluding tert-OH is 3. The van der Waals surface area contributed by atoms with E-state index in [1.807, 2.05) is 20.8 Å². The fraction of sp³-hybridized carbons (Fsp3) is 0.706. The first-order chi connectivity index (χ1) is 10.9. The molecule has 0 saturated heterocycles. The van der Waals surface area contributed by atoms with Gasteiger partial charge < -0.3 is 15.3 Å². The summed E-state index contributed by atoms with van der Waals surface area (Å²) in [5.41, 5.74) is 0. The van der Waals surface area contributed by atoms with Gasteiger partial charge in [0, 0.05) is 26.2 Å². The summed E-state index contributed by atoms with van der Waals surface area (Å²) in [5.74, 6) is 0. The van der Waals surface area contributed by atoms with E-state index in [9.17, 15) is 10.5 Å². The molecule has 3 nitrogen and oxygen atoms in total. The van der Waals surface area contributed by atoms with E-state index >= 15 is 0 Å². The van der Waals surface area contributed by atoms with Crippen molar-refractivity contribution in [1.82, 2.24) is 0 Å². The van der Waals surface area contributed by atoms with Gasteiger partial charge in [-0.3, -0.25) is 0 Å². The molecule has 3 N–H and O–H groups in total. The van der Waals surface area contributed by atoms with E-state index < -0.39 is 19.1 Å². The number of rotatable bonds is 4. The summed E-state index contributed by atoms with van der Waals surface area (Å²) < 4.78 is 35.0. The Kier molecular flexibility index (Phi) is 27.4. The maximum absolute atomic E-state index is 11.8. The first kappa shape index (κ1) is 33.1. The van der Waals surface area contributed by atoms with E-state index in [1.165, 1.54) is 12.1 Å². The molecule has 3 unspecified atom stereocenters. The third-order valence-electron chi connectivity index (χ3n) is 2.76. The molecule has 0 fully saturated rings. The van der Waals surface area contributed by atoms with Gasteiger partial charge in [-0.25, -0.2) is 0 Å². The van der Waals surface area contributed by atoms with Gasteiger partial charge in [0.05, 0.1) is 18.3 Å². The molecule has 150 valence electrons. The van der Waals surface area contributed by atoms with E-state index in [0.717, 1.165) is 31.4 Å². The molecule has 0 heterocycles. The summed E-state index contributed by atoms with van der Waals surface area (Å²) in [6, 6.07) is 5.07. The number of halogens is 3. The fourth-order valence-corrected chi connectivity index (χ4v) is 1.76. The molecule has 8 heteroatoms. The fourth-order valence-electron chi connectivity index (χ4n) is 0.563. The minimum atomic E-state index is -5.94. The van der Waals surface area contributed by atoms with Crippen molar-refractivity contribution in [3.8, 4) is 0 Å². The average molecular weight is 507 g/mol. The molecule has 25 heavy (non-hydrogen) atoms. The van der Waals surface area contributed by atoms with Crippen LogP contribution in [0, 0.1) is 0 Å². The van der Waals surface area contributed by atoms with Crippen LogP contribution in [0.5, 0.6) is 0 Å². The predicted octanol–water partition coefficient (Wildman–Crippen LogP) is 3.79. The van der Waals surface area contributed by atoms with Crippen LogP contribution in [0.4, 0.5) is 10.5 Å². The standard InChI is InChI=1S/C5H4F3Ge.3C4H10O.Zr/c6-9(7,8)5-3-1-2-4-5;3*1-3-4(2)5;/h1-4H;3*4-5H,3H2,1-2H3;/q-1;;;;. The molecule has 0 aliphatic heterocycles. The Morgan fingerprint density at radius 1 is 0.760 bits per heavy atom. The van der Waals surface area contributed by atoms with Crippen molar-refractivity contribution in [1.29, 1.82) is 0 Å². The van der Waals surface area contributed by atoms with Gasteiger partial charge in [-0.05, 0) is 40.0 Å². The Balaban J connectivity index is -0.000000122. The minimum absolute atomic E-state index is 0. The third kappa shape index (κ3) is 32.6. The molecule has 0 aromatic heterocycles. The minimum Gasteiger partial charge on any atom is 0 e. The van der Waals surface area contributed by atoms with Crippen molar-refractivity contribution < 1.29 is 52.0 Å². The number of hydrogen-bond donors (Lipinski definition) is 3. The molecule has 0 spiro atoms. The second kappa shape index (κ2) is 20.8. The Labute approximate surface area is 174 Å². The third-order valence-corrected chi connectivity index (χ3v) is 4.84. The van der Waals surface area contributed by atoms with Crippen LogP contribution < -0.4 is 4.40 Å². The first-order valence-corrected chi connectivity index (χ1v) is 11.7. The monoisotopic (exact) mass is 507 g/mol. The van der Waals surface area contributed by atoms with Gasteiger partial charge in [-0.2, -0.15) is 0 Å². The van der Waals surface area contributed by atoms with Gasteiger partial charge in [0.25, 0.3) is 0 Å². The molecular formula is C17H34F3GeO3Zr-. The molecule has 0 bridgehead atoms. The van der Waals surface area contributed by atoms with Crippen LogP contribution in [-0.2, 0) is 26.2 Å². The Morgan fingerprint density at radius 3 is 1.04 bits per heavy atom. The van der Waals surface area contributed by atoms with E-state index in [4.69, 9.17) is 15.3 Å². The number of hydrogen-bond acceptors (Lipinski definition) is 3. The second-order valence-corrected chi connectivity index (χ2v) is 8.74. The molecule has 0 radical (unpaired) electrons. The van der Waals surface area contributed by atoms with Gasteiger partial charge in [0.15, 0.2) is 0 Å². The van der Waals surface area contributed by atoms with Crippen molar-refractivity contribution in [2.75, 3.05) is 0 Å². The zero-order valence-corrected chi connectivity index (χ0v) is 20.7. The van der Waals surface area contributed by atoms with Crippen molar-refractivity contribution in [3.05, 3.63) is 24.3 Å². The van der Waals surface area contributed by atoms with Gasteiger partial charge >= 0.3 is 53.8 Å². The van der Waals surface area contributed by atoms with Crippen molar-refractivity contribution in [2.45, 2.75) is 79.1 Å². The van der Waals surface area contributed by atoms with Crippen LogP contribution in [0.25, 0.3) is 0 Å². The van der Waals surface area contributed by atoms with Gasteiger partial charge in [0.1, 0.15) is 0 Å². The van der Waals surface area contributed by atoms with Gasteiger partial charge in [-0.15, -0.1) is 0 Å². The van der Waals surface area contributed by atoms with E-state index in [1.54, 1.807) is 20.8 Å². The van der Waals surface area contributed by atoms with Crippen molar-refractivity contribution >= 4 is 19.1 Å². The van der Waals surface area contributed by atoms with Gasteiger partial charge in [0.2, 0.25) is 0 Å². The molecule has 1 aromatic rings. The largest absolute Gasteiger partial charge is 0 e. The van der Waals surface area contributed by atoms with Crippen LogP contribution in [0.1, 0.15) is 60.8 Å². The Morgan fingerprint density at radius 2 is 0.960 bits per heavy atom. The first-order valence-electron chi connectivity index (χ1n) is 8.25. The van der Waals surface area contributed by atoms with Crippen LogP contribution in [0.2, 0.25) is 0 Å². The van der Waals surface area contributed by atoms with Crippen molar-refractivity contribution in [2.24, 2.45) is 0 Å². The number of aliphatic hydroxyl groups is 3. The van der Waals surface area contributed by atoms with Crippen LogP contribution in [-0.4, -0.2) is 48.3 Å². The summed E-state index contributed by atoms with van der Waals surface area (Å²) in [6.45, 7) is 11.2. The summed E-state index contributed by atoms with van der Waals surface area (Å²) in [6.07, 6.45) is 2.24. The van der Waals surface area contributed by atoms with E-state index in [0.29, 0.717) is 0 Å². The van der Waals surface area contributed by atoms with Crippen molar-refractivity contribution in [3.63, 3.8) is 0 Å². The van der Waals surface area contributed by atoms with E-state index in [2.05, 4.69) is 0 Å². The maximum Gasteiger partial charge on any atom is 0 e. The quantitative estimate of drug-likeness (QED) is 0.430. The topological polar surface area (TPSA) is 60.7 Å². The summed E-state index contributed by atoms with van der Waals surface area (Å²) in [5, 5.41) is 25.1. The summed E-state index contributed by atoms with van der Waals surface area (Å²) >= 11 is -5.94. The maximum atomic E-state index is 11.8. The normalized spacial score (nSPS) is 13.3. The Hall–Kier alpha value is 0.446. The second-order valence-electron chi connectivity index (χ2n) is 5.44. The smallest absolute Gasteiger partial charge is 0 e. The SMILES string of the molecule is CCC(C)O.CCC(C)O.CCC(C)O.[F][Ge]([F])([F])[c-]1cccc1.[Zr]. The molecule has 1 rings (SSSR count). The van der Waals surface area contributed by atoms with Crippen LogP contribution in [0.15, 0.2) is 24.3 Å². The zero-order valence-electron chi connectivity index (χ0n) is 16.1. The molecule has 0 saturated carbocycles. The Bertz CT molecular complexity index is 324. The molecule has 3 atom stereocenters. The molecular weight excluding hydrogens is 473 g/mol. The average Bonchev–Trinajstić information content (AvgIpc) is 3.03. The predicted molar refractivity (Wildman–Crippen MR) is 96.7 cm³/mol. The molecule has 1 aromatic carbocycles. The summed E-state index contributed by atoms with van der Waals surface area (Å²) in [4.78, 5) is 0. The zero-order chi connectivity index (χ0) is 19.8. The molecule has 0 amide bonds. The molecule has 0 aliphatic rings. The van der Waals surface area contributed by atoms with Crippen LogP contribution >= 0.6 is 0 Å². The summed E-state index contributed by atoms with van der Waals surface area (Å²) in [7, 11) is 0. The van der Waals surface area contributed by atoms with E-state index in [-0.39, 0.29) is 44.5 Å².